The van der Waals surface area contributed by atoms with Crippen LogP contribution in [0.25, 0.3) is 0 Å². The fourth-order valence-electron chi connectivity index (χ4n) is 3.14. The van der Waals surface area contributed by atoms with Crippen molar-refractivity contribution < 1.29 is 22.7 Å². The zero-order valence-electron chi connectivity index (χ0n) is 18.4. The Bertz CT molecular complexity index is 988. The molecule has 0 aliphatic rings. The number of hydrogen-bond acceptors (Lipinski definition) is 8. The van der Waals surface area contributed by atoms with Crippen LogP contribution in [0.4, 0.5) is 16.3 Å². The number of halogens is 1. The van der Waals surface area contributed by atoms with Crippen molar-refractivity contribution >= 4 is 21.9 Å². The molecule has 3 N–H and O–H groups in total. The van der Waals surface area contributed by atoms with Crippen molar-refractivity contribution in [3.05, 3.63) is 35.4 Å². The van der Waals surface area contributed by atoms with E-state index in [1.165, 1.54) is 13.2 Å². The van der Waals surface area contributed by atoms with E-state index in [4.69, 9.17) is 4.74 Å². The van der Waals surface area contributed by atoms with E-state index in [2.05, 4.69) is 25.0 Å². The molecule has 0 fully saturated rings. The lowest BCUT2D eigenvalue weighted by atomic mass is 9.97. The third kappa shape index (κ3) is 7.91. The van der Waals surface area contributed by atoms with Gasteiger partial charge in [0.1, 0.15) is 17.4 Å². The molecule has 1 aromatic carbocycles. The number of benzene rings is 1. The Morgan fingerprint density at radius 3 is 2.39 bits per heavy atom. The van der Waals surface area contributed by atoms with Crippen molar-refractivity contribution in [2.24, 2.45) is 5.92 Å². The molecule has 1 aromatic heterocycles. The summed E-state index contributed by atoms with van der Waals surface area (Å²) in [5.41, 5.74) is 0.460. The van der Waals surface area contributed by atoms with E-state index >= 15 is 0 Å². The van der Waals surface area contributed by atoms with Crippen LogP contribution in [-0.2, 0) is 16.4 Å². The van der Waals surface area contributed by atoms with E-state index in [1.54, 1.807) is 12.1 Å². The van der Waals surface area contributed by atoms with E-state index in [-0.39, 0.29) is 42.7 Å². The number of hydrogen-bond donors (Lipinski definition) is 3. The molecule has 0 bridgehead atoms. The molecule has 0 aliphatic carbocycles. The smallest absolute Gasteiger partial charge is 0.241 e. The number of anilines is 2. The summed E-state index contributed by atoms with van der Waals surface area (Å²) in [6, 6.07) is 4.31. The normalized spacial score (nSPS) is 13.7. The minimum Gasteiger partial charge on any atom is -0.497 e. The highest BCUT2D eigenvalue weighted by atomic mass is 32.2. The quantitative estimate of drug-likeness (QED) is 0.472. The summed E-state index contributed by atoms with van der Waals surface area (Å²) in [4.78, 5) is 12.6. The van der Waals surface area contributed by atoms with Crippen molar-refractivity contribution in [1.29, 1.82) is 0 Å². The highest BCUT2D eigenvalue weighted by Gasteiger charge is 2.18. The van der Waals surface area contributed by atoms with Gasteiger partial charge in [-0.1, -0.05) is 26.8 Å². The Morgan fingerprint density at radius 1 is 1.16 bits per heavy atom. The molecule has 172 valence electrons. The van der Waals surface area contributed by atoms with Gasteiger partial charge in [-0.25, -0.2) is 12.8 Å². The zero-order chi connectivity index (χ0) is 23.2. The maximum absolute atomic E-state index is 14.4. The van der Waals surface area contributed by atoms with Crippen LogP contribution in [0.2, 0.25) is 0 Å². The number of rotatable bonds is 11. The van der Waals surface area contributed by atoms with E-state index in [1.807, 2.05) is 20.8 Å². The molecule has 1 heterocycles. The molecule has 0 saturated carbocycles. The van der Waals surface area contributed by atoms with Gasteiger partial charge in [-0.2, -0.15) is 15.0 Å². The number of sulfonamides is 1. The third-order valence-corrected chi connectivity index (χ3v) is 5.05. The van der Waals surface area contributed by atoms with Crippen molar-refractivity contribution in [1.82, 2.24) is 15.0 Å². The predicted molar refractivity (Wildman–Crippen MR) is 117 cm³/mol. The summed E-state index contributed by atoms with van der Waals surface area (Å²) in [5, 5.41) is 12.7. The molecule has 0 radical (unpaired) electrons. The SMILES string of the molecule is COc1ccc([C@H](C)Cc2nc(N[C@@H](CO)CC(C)C)nc(NS(C)(=O)=O)n2)c(F)c1. The molecule has 2 aromatic rings. The first kappa shape index (κ1) is 24.7. The summed E-state index contributed by atoms with van der Waals surface area (Å²) < 4.78 is 45.1. The van der Waals surface area contributed by atoms with E-state index < -0.39 is 15.8 Å². The Hall–Kier alpha value is -2.53. The summed E-state index contributed by atoms with van der Waals surface area (Å²) >= 11 is 0. The summed E-state index contributed by atoms with van der Waals surface area (Å²) in [6.45, 7) is 5.72. The zero-order valence-corrected chi connectivity index (χ0v) is 19.2. The number of methoxy groups -OCH3 is 1. The molecule has 0 amide bonds. The van der Waals surface area contributed by atoms with Gasteiger partial charge in [0.15, 0.2) is 0 Å². The third-order valence-electron chi connectivity index (χ3n) is 4.50. The van der Waals surface area contributed by atoms with Crippen molar-refractivity contribution in [3.63, 3.8) is 0 Å². The van der Waals surface area contributed by atoms with Gasteiger partial charge in [0, 0.05) is 12.5 Å². The number of aromatic nitrogens is 3. The average molecular weight is 456 g/mol. The van der Waals surface area contributed by atoms with Crippen LogP contribution in [0.5, 0.6) is 5.75 Å². The van der Waals surface area contributed by atoms with Crippen LogP contribution in [0.15, 0.2) is 18.2 Å². The van der Waals surface area contributed by atoms with E-state index in [0.717, 1.165) is 6.26 Å². The van der Waals surface area contributed by atoms with Crippen LogP contribution in [0.1, 0.15) is 44.5 Å². The standard InChI is InChI=1S/C20H30FN5O4S/c1-12(2)8-14(11-27)22-19-23-18(24-20(25-19)26-31(5,28)29)9-13(3)16-7-6-15(30-4)10-17(16)21/h6-7,10,12-14,27H,8-9,11H2,1-5H3,(H2,22,23,24,25,26)/t13-,14-/m1/s1. The Labute approximate surface area is 182 Å². The number of ether oxygens (including phenoxy) is 1. The molecule has 9 nitrogen and oxygen atoms in total. The first-order valence-electron chi connectivity index (χ1n) is 9.94. The molecular weight excluding hydrogens is 425 g/mol. The number of aliphatic hydroxyl groups is 1. The minimum atomic E-state index is -3.61. The summed E-state index contributed by atoms with van der Waals surface area (Å²) in [6.07, 6.45) is 1.90. The van der Waals surface area contributed by atoms with Crippen LogP contribution < -0.4 is 14.8 Å². The molecule has 2 atom stereocenters. The molecule has 31 heavy (non-hydrogen) atoms. The molecule has 0 unspecified atom stereocenters. The van der Waals surface area contributed by atoms with Crippen molar-refractivity contribution in [2.75, 3.05) is 30.0 Å². The van der Waals surface area contributed by atoms with Crippen molar-refractivity contribution in [3.8, 4) is 5.75 Å². The Balaban J connectivity index is 2.33. The second-order valence-electron chi connectivity index (χ2n) is 7.92. The Kier molecular flexibility index (Phi) is 8.52. The molecule has 0 aliphatic heterocycles. The largest absolute Gasteiger partial charge is 0.497 e. The van der Waals surface area contributed by atoms with Gasteiger partial charge in [0.05, 0.1) is 26.0 Å². The number of aliphatic hydroxyl groups excluding tert-OH is 1. The topological polar surface area (TPSA) is 126 Å². The fourth-order valence-corrected chi connectivity index (χ4v) is 3.56. The lowest BCUT2D eigenvalue weighted by molar-refractivity contribution is 0.259. The number of nitrogens with zero attached hydrogens (tertiary/aromatic N) is 3. The van der Waals surface area contributed by atoms with Crippen LogP contribution in [0.3, 0.4) is 0 Å². The number of nitrogens with one attached hydrogen (secondary N) is 2. The predicted octanol–water partition coefficient (Wildman–Crippen LogP) is 2.56. The van der Waals surface area contributed by atoms with Crippen molar-refractivity contribution in [2.45, 2.75) is 45.6 Å². The van der Waals surface area contributed by atoms with Crippen LogP contribution in [-0.4, -0.2) is 54.5 Å². The van der Waals surface area contributed by atoms with Gasteiger partial charge < -0.3 is 15.2 Å². The fraction of sp³-hybridized carbons (Fsp3) is 0.550. The maximum Gasteiger partial charge on any atom is 0.241 e. The Morgan fingerprint density at radius 2 is 1.84 bits per heavy atom. The average Bonchev–Trinajstić information content (AvgIpc) is 2.65. The highest BCUT2D eigenvalue weighted by Crippen LogP contribution is 2.26. The second-order valence-corrected chi connectivity index (χ2v) is 9.67. The van der Waals surface area contributed by atoms with Gasteiger partial charge in [-0.15, -0.1) is 0 Å². The summed E-state index contributed by atoms with van der Waals surface area (Å²) in [7, 11) is -2.15. The molecule has 0 spiro atoms. The van der Waals surface area contributed by atoms with Gasteiger partial charge in [0.2, 0.25) is 21.9 Å². The monoisotopic (exact) mass is 455 g/mol. The molecule has 0 saturated heterocycles. The van der Waals surface area contributed by atoms with Gasteiger partial charge in [-0.3, -0.25) is 4.72 Å². The van der Waals surface area contributed by atoms with Crippen LogP contribution in [0, 0.1) is 11.7 Å². The molecular formula is C20H30FN5O4S. The van der Waals surface area contributed by atoms with Gasteiger partial charge in [-0.05, 0) is 29.9 Å². The minimum absolute atomic E-state index is 0.137. The molecule has 11 heteroatoms. The van der Waals surface area contributed by atoms with Gasteiger partial charge in [0.25, 0.3) is 0 Å². The highest BCUT2D eigenvalue weighted by molar-refractivity contribution is 7.91. The van der Waals surface area contributed by atoms with Crippen LogP contribution >= 0.6 is 0 Å². The lowest BCUT2D eigenvalue weighted by Crippen LogP contribution is -2.27. The van der Waals surface area contributed by atoms with E-state index in [9.17, 15) is 17.9 Å². The van der Waals surface area contributed by atoms with Gasteiger partial charge >= 0.3 is 0 Å². The lowest BCUT2D eigenvalue weighted by Gasteiger charge is -2.19. The summed E-state index contributed by atoms with van der Waals surface area (Å²) in [5.74, 6) is 0.310. The second kappa shape index (κ2) is 10.7. The molecule has 2 rings (SSSR count). The van der Waals surface area contributed by atoms with E-state index in [0.29, 0.717) is 23.7 Å². The maximum atomic E-state index is 14.4. The first-order valence-corrected chi connectivity index (χ1v) is 11.8. The first-order chi connectivity index (χ1) is 14.5.